The van der Waals surface area contributed by atoms with Crippen LogP contribution in [0.3, 0.4) is 0 Å². The van der Waals surface area contributed by atoms with E-state index in [0.717, 1.165) is 0 Å². The minimum Gasteiger partial charge on any atom is -0.0104 e. The molecule has 0 aliphatic heterocycles. The van der Waals surface area contributed by atoms with Crippen molar-refractivity contribution in [2.24, 2.45) is 0 Å². The van der Waals surface area contributed by atoms with Crippen LogP contribution in [0.4, 0.5) is 9.05 Å². The number of hydrogen-bond acceptors (Lipinski definition) is 1. The van der Waals surface area contributed by atoms with Gasteiger partial charge >= 0.3 is 0 Å². The van der Waals surface area contributed by atoms with Crippen molar-refractivity contribution in [3.8, 4) is 0 Å². The first-order valence-electron chi connectivity index (χ1n) is 0.309. The second kappa shape index (κ2) is 16.4. The van der Waals surface area contributed by atoms with Gasteiger partial charge in [-0.1, -0.05) is 0 Å². The van der Waals surface area contributed by atoms with Crippen LogP contribution in [0.15, 0.2) is 0 Å². The fourth-order valence-corrected chi connectivity index (χ4v) is 0. The molecule has 0 atom stereocenters. The van der Waals surface area contributed by atoms with E-state index in [0.29, 0.717) is 0 Å². The van der Waals surface area contributed by atoms with Crippen LogP contribution >= 0.6 is 0 Å². The molecule has 0 aromatic heterocycles. The molecule has 5 heavy (non-hydrogen) atoms. The van der Waals surface area contributed by atoms with Gasteiger partial charge in [0.2, 0.25) is 0 Å². The number of hydrogen-bond donors (Lipinski definition) is 0. The summed E-state index contributed by atoms with van der Waals surface area (Å²) in [6.45, 7) is 0. The second-order valence-corrected chi connectivity index (χ2v) is 0.0583. The molecule has 0 bridgehead atoms. The average Bonchev–Trinajstić information content (AvgIpc) is 0.918. The molecule has 2 radical (unpaired) electrons. The van der Waals surface area contributed by atoms with E-state index in [1.807, 2.05) is 0 Å². The Hall–Kier alpha value is 2.20. The summed E-state index contributed by atoms with van der Waals surface area (Å²) < 4.78 is 18.2. The van der Waals surface area contributed by atoms with Gasteiger partial charge in [0, 0.05) is 78.9 Å². The molecule has 0 N–H and O–H groups in total. The van der Waals surface area contributed by atoms with Crippen LogP contribution in [0.1, 0.15) is 0 Å². The van der Waals surface area contributed by atoms with E-state index in [-0.39, 0.29) is 73.8 Å². The molecule has 0 saturated heterocycles. The molecule has 1 nitrogen and oxygen atoms in total. The van der Waals surface area contributed by atoms with E-state index in [4.69, 9.17) is 9.05 Å². The Labute approximate surface area is 86.2 Å². The largest absolute Gasteiger partial charge is 0.0209 e. The van der Waals surface area contributed by atoms with Crippen molar-refractivity contribution < 1.29 is 36.6 Å². The molecule has 0 spiro atoms. The first kappa shape index (κ1) is 15.7. The molecule has 0 unspecified atom stereocenters. The molecule has 5 heteroatoms. The third kappa shape index (κ3) is 22.6. The van der Waals surface area contributed by atoms with E-state index in [9.17, 15) is 0 Å². The Kier molecular flexibility index (Phi) is 51.4. The zero-order valence-corrected chi connectivity index (χ0v) is 7.93. The van der Waals surface area contributed by atoms with Crippen LogP contribution in [0.25, 0.3) is 0 Å². The summed E-state index contributed by atoms with van der Waals surface area (Å²) in [5, 5.41) is 1.25. The zero-order chi connectivity index (χ0) is 2.71. The Bertz CT molecular complexity index is 9.61. The Balaban J connectivity index is -0.0000000200. The molecule has 0 aliphatic carbocycles. The van der Waals surface area contributed by atoms with Crippen molar-refractivity contribution in [1.29, 1.82) is 0 Å². The van der Waals surface area contributed by atoms with Gasteiger partial charge in [-0.2, -0.15) is 0 Å². The molecular weight excluding hydrogens is 186 g/mol. The zero-order valence-electron chi connectivity index (χ0n) is 2.61. The Morgan fingerprint density at radius 1 is 1.20 bits per heavy atom. The van der Waals surface area contributed by atoms with Gasteiger partial charge in [-0.25, -0.2) is 0 Å². The van der Waals surface area contributed by atoms with Crippen LogP contribution in [0.5, 0.6) is 0 Å². The molecule has 0 rings (SSSR count). The van der Waals surface area contributed by atoms with E-state index in [2.05, 4.69) is 0 Å². The van der Waals surface area contributed by atoms with Gasteiger partial charge in [-0.15, -0.1) is 0 Å². The molecule has 0 aromatic rings. The Morgan fingerprint density at radius 2 is 1.20 bits per heavy atom. The predicted molar refractivity (Wildman–Crippen MR) is 9.05 cm³/mol. The van der Waals surface area contributed by atoms with Gasteiger partial charge in [-0.05, 0) is 9.05 Å². The second-order valence-electron chi connectivity index (χ2n) is 0.0583. The molecule has 0 heterocycles. The SMILES string of the molecule is FOF.[K].[Nb]. The van der Waals surface area contributed by atoms with Gasteiger partial charge in [0.25, 0.3) is 0 Å². The van der Waals surface area contributed by atoms with Gasteiger partial charge in [0.1, 0.15) is 0 Å². The quantitative estimate of drug-likeness (QED) is 0.497. The molecule has 26 valence electrons. The molecule has 0 aliphatic rings. The molecule has 0 saturated carbocycles. The van der Waals surface area contributed by atoms with Gasteiger partial charge in [0.15, 0.2) is 0 Å². The predicted octanol–water partition coefficient (Wildman–Crippen LogP) is 0.389. The molecule has 0 amide bonds. The number of halogens is 2. The fraction of sp³-hybridized carbons (Fsp3) is 0. The van der Waals surface area contributed by atoms with Crippen LogP contribution < -0.4 is 0 Å². The van der Waals surface area contributed by atoms with Crippen molar-refractivity contribution in [2.75, 3.05) is 0 Å². The first-order chi connectivity index (χ1) is 1.41. The third-order valence-electron chi connectivity index (χ3n) is 0. The van der Waals surface area contributed by atoms with Crippen LogP contribution in [0, 0.1) is 0 Å². The maximum Gasteiger partial charge on any atom is 0.0209 e. The van der Waals surface area contributed by atoms with E-state index in [1.165, 1.54) is 5.15 Å². The summed E-state index contributed by atoms with van der Waals surface area (Å²) in [4.78, 5) is 0. The maximum atomic E-state index is 9.12. The minimum atomic E-state index is 0. The topological polar surface area (TPSA) is 9.23 Å². The fourth-order valence-electron chi connectivity index (χ4n) is 0. The molecular formula is F2KNbO. The Morgan fingerprint density at radius 3 is 1.20 bits per heavy atom. The van der Waals surface area contributed by atoms with E-state index in [1.54, 1.807) is 0 Å². The third-order valence-corrected chi connectivity index (χ3v) is 0. The first-order valence-corrected chi connectivity index (χ1v) is 0.309. The smallest absolute Gasteiger partial charge is 0.0104 e. The van der Waals surface area contributed by atoms with Gasteiger partial charge in [0.05, 0.1) is 0 Å². The average molecular weight is 186 g/mol. The number of rotatable bonds is 0. The summed E-state index contributed by atoms with van der Waals surface area (Å²) in [5.74, 6) is 0. The summed E-state index contributed by atoms with van der Waals surface area (Å²) >= 11 is 0. The minimum absolute atomic E-state index is 0. The summed E-state index contributed by atoms with van der Waals surface area (Å²) in [6.07, 6.45) is 0. The van der Waals surface area contributed by atoms with Crippen LogP contribution in [-0.2, 0) is 27.5 Å². The summed E-state index contributed by atoms with van der Waals surface area (Å²) in [6, 6.07) is 0. The monoisotopic (exact) mass is 186 g/mol. The van der Waals surface area contributed by atoms with Gasteiger partial charge in [-0.3, -0.25) is 0 Å². The van der Waals surface area contributed by atoms with Crippen molar-refractivity contribution >= 4 is 51.4 Å². The van der Waals surface area contributed by atoms with Crippen molar-refractivity contribution in [3.63, 3.8) is 0 Å². The van der Waals surface area contributed by atoms with Crippen LogP contribution in [-0.4, -0.2) is 51.4 Å². The van der Waals surface area contributed by atoms with Crippen molar-refractivity contribution in [1.82, 2.24) is 0 Å². The van der Waals surface area contributed by atoms with Crippen molar-refractivity contribution in [3.05, 3.63) is 0 Å². The van der Waals surface area contributed by atoms with E-state index < -0.39 is 0 Å². The standard InChI is InChI=1S/F2O.K.Nb/c1-3-2;;. The summed E-state index contributed by atoms with van der Waals surface area (Å²) in [7, 11) is 0. The summed E-state index contributed by atoms with van der Waals surface area (Å²) in [5.41, 5.74) is 0. The van der Waals surface area contributed by atoms with Crippen molar-refractivity contribution in [2.45, 2.75) is 0 Å². The van der Waals surface area contributed by atoms with E-state index >= 15 is 0 Å². The molecule has 0 fully saturated rings. The normalized spacial score (nSPS) is 3.60. The maximum absolute atomic E-state index is 9.12. The van der Waals surface area contributed by atoms with Gasteiger partial charge < -0.3 is 0 Å². The van der Waals surface area contributed by atoms with Crippen LogP contribution in [0.2, 0.25) is 0 Å². The molecule has 0 aromatic carbocycles.